The second-order valence-corrected chi connectivity index (χ2v) is 5.11. The lowest BCUT2D eigenvalue weighted by Crippen LogP contribution is -2.38. The monoisotopic (exact) mass is 275 g/mol. The Hall–Kier alpha value is -1.11. The van der Waals surface area contributed by atoms with E-state index in [0.29, 0.717) is 6.54 Å². The molecule has 1 unspecified atom stereocenters. The van der Waals surface area contributed by atoms with Crippen molar-refractivity contribution in [1.82, 2.24) is 5.32 Å². The molecule has 0 fully saturated rings. The maximum Gasteiger partial charge on any atom is 0.415 e. The van der Waals surface area contributed by atoms with Gasteiger partial charge in [0.15, 0.2) is 6.10 Å². The van der Waals surface area contributed by atoms with Crippen LogP contribution in [0.3, 0.4) is 0 Å². The average molecular weight is 275 g/mol. The number of nitrogens with one attached hydrogen (secondary N) is 1. The molecule has 1 heterocycles. The van der Waals surface area contributed by atoms with Crippen LogP contribution in [-0.2, 0) is 6.54 Å². The Morgan fingerprint density at radius 2 is 2.00 bits per heavy atom. The van der Waals surface area contributed by atoms with Crippen molar-refractivity contribution in [2.24, 2.45) is 0 Å². The van der Waals surface area contributed by atoms with Gasteiger partial charge in [-0.25, -0.2) is 0 Å². The Morgan fingerprint density at radius 3 is 2.67 bits per heavy atom. The molecule has 2 N–H and O–H groups in total. The highest BCUT2D eigenvalue weighted by Gasteiger charge is 2.37. The lowest BCUT2D eigenvalue weighted by molar-refractivity contribution is -0.201. The molecule has 0 aliphatic rings. The number of thiophene rings is 1. The first kappa shape index (κ1) is 13.3. The Labute approximate surface area is 106 Å². The summed E-state index contributed by atoms with van der Waals surface area (Å²) >= 11 is 1.53. The van der Waals surface area contributed by atoms with Crippen molar-refractivity contribution >= 4 is 21.4 Å². The van der Waals surface area contributed by atoms with Gasteiger partial charge in [0.2, 0.25) is 0 Å². The molecule has 0 bridgehead atoms. The van der Waals surface area contributed by atoms with Gasteiger partial charge in [-0.3, -0.25) is 0 Å². The van der Waals surface area contributed by atoms with Gasteiger partial charge in [-0.1, -0.05) is 18.2 Å². The number of aliphatic hydroxyl groups is 1. The van der Waals surface area contributed by atoms with Gasteiger partial charge in [0.05, 0.1) is 0 Å². The Kier molecular flexibility index (Phi) is 3.89. The molecular weight excluding hydrogens is 263 g/mol. The van der Waals surface area contributed by atoms with Crippen LogP contribution < -0.4 is 5.32 Å². The highest BCUT2D eigenvalue weighted by atomic mass is 32.1. The lowest BCUT2D eigenvalue weighted by Gasteiger charge is -2.14. The number of alkyl halides is 3. The van der Waals surface area contributed by atoms with E-state index in [1.165, 1.54) is 11.3 Å². The van der Waals surface area contributed by atoms with Gasteiger partial charge in [0.25, 0.3) is 0 Å². The van der Waals surface area contributed by atoms with Crippen molar-refractivity contribution in [2.75, 3.05) is 6.54 Å². The van der Waals surface area contributed by atoms with Crippen LogP contribution in [0.4, 0.5) is 13.2 Å². The summed E-state index contributed by atoms with van der Waals surface area (Å²) in [5, 5.41) is 12.5. The molecule has 0 radical (unpaired) electrons. The van der Waals surface area contributed by atoms with E-state index in [2.05, 4.69) is 5.32 Å². The number of benzene rings is 1. The number of aliphatic hydroxyl groups excluding tert-OH is 1. The molecular formula is C12H12F3NOS. The Bertz CT molecular complexity index is 490. The number of hydrogen-bond donors (Lipinski definition) is 2. The van der Waals surface area contributed by atoms with Crippen LogP contribution in [0, 0.1) is 0 Å². The summed E-state index contributed by atoms with van der Waals surface area (Å²) in [6.07, 6.45) is -6.88. The minimum atomic E-state index is -4.56. The zero-order valence-corrected chi connectivity index (χ0v) is 10.2. The highest BCUT2D eigenvalue weighted by molar-refractivity contribution is 7.19. The van der Waals surface area contributed by atoms with Crippen molar-refractivity contribution in [3.05, 3.63) is 35.2 Å². The van der Waals surface area contributed by atoms with Crippen molar-refractivity contribution in [3.63, 3.8) is 0 Å². The first-order valence-electron chi connectivity index (χ1n) is 5.40. The quantitative estimate of drug-likeness (QED) is 0.899. The predicted molar refractivity (Wildman–Crippen MR) is 65.6 cm³/mol. The molecule has 2 nitrogen and oxygen atoms in total. The molecule has 2 aromatic rings. The van der Waals surface area contributed by atoms with Gasteiger partial charge in [-0.2, -0.15) is 13.2 Å². The number of halogens is 3. The van der Waals surface area contributed by atoms with Gasteiger partial charge in [0, 0.05) is 22.7 Å². The standard InChI is InChI=1S/C12H12F3NOS/c13-12(14,15)11(17)7-16-6-9-5-8-3-1-2-4-10(8)18-9/h1-5,11,16-17H,6-7H2. The SMILES string of the molecule is OC(CNCc1cc2ccccc2s1)C(F)(F)F. The van der Waals surface area contributed by atoms with Crippen molar-refractivity contribution in [2.45, 2.75) is 18.8 Å². The molecule has 98 valence electrons. The van der Waals surface area contributed by atoms with E-state index in [1.54, 1.807) is 0 Å². The van der Waals surface area contributed by atoms with Crippen LogP contribution in [0.25, 0.3) is 10.1 Å². The van der Waals surface area contributed by atoms with Crippen LogP contribution in [0.15, 0.2) is 30.3 Å². The van der Waals surface area contributed by atoms with Crippen LogP contribution in [-0.4, -0.2) is 23.9 Å². The third-order valence-corrected chi connectivity index (χ3v) is 3.61. The lowest BCUT2D eigenvalue weighted by atomic mass is 10.2. The van der Waals surface area contributed by atoms with E-state index in [-0.39, 0.29) is 0 Å². The fraction of sp³-hybridized carbons (Fsp3) is 0.333. The molecule has 1 aromatic heterocycles. The first-order valence-corrected chi connectivity index (χ1v) is 6.21. The summed E-state index contributed by atoms with van der Waals surface area (Å²) in [4.78, 5) is 0.950. The molecule has 0 aliphatic carbocycles. The predicted octanol–water partition coefficient (Wildman–Crippen LogP) is 2.91. The van der Waals surface area contributed by atoms with E-state index < -0.39 is 18.8 Å². The van der Waals surface area contributed by atoms with Crippen molar-refractivity contribution in [1.29, 1.82) is 0 Å². The normalized spacial score (nSPS) is 14.0. The fourth-order valence-corrected chi connectivity index (χ4v) is 2.61. The summed E-state index contributed by atoms with van der Waals surface area (Å²) in [5.41, 5.74) is 0. The average Bonchev–Trinajstić information content (AvgIpc) is 2.70. The number of rotatable bonds is 4. The van der Waals surface area contributed by atoms with E-state index in [0.717, 1.165) is 15.0 Å². The molecule has 0 saturated heterocycles. The topological polar surface area (TPSA) is 32.3 Å². The molecule has 0 spiro atoms. The van der Waals surface area contributed by atoms with Crippen molar-refractivity contribution < 1.29 is 18.3 Å². The third-order valence-electron chi connectivity index (χ3n) is 2.49. The second kappa shape index (κ2) is 5.26. The Morgan fingerprint density at radius 1 is 1.28 bits per heavy atom. The van der Waals surface area contributed by atoms with Crippen LogP contribution in [0.2, 0.25) is 0 Å². The van der Waals surface area contributed by atoms with E-state index in [1.807, 2.05) is 30.3 Å². The second-order valence-electron chi connectivity index (χ2n) is 3.94. The molecule has 6 heteroatoms. The van der Waals surface area contributed by atoms with Gasteiger partial charge in [-0.05, 0) is 17.5 Å². The van der Waals surface area contributed by atoms with Gasteiger partial charge in [-0.15, -0.1) is 11.3 Å². The molecule has 18 heavy (non-hydrogen) atoms. The minimum Gasteiger partial charge on any atom is -0.382 e. The van der Waals surface area contributed by atoms with Gasteiger partial charge < -0.3 is 10.4 Å². The summed E-state index contributed by atoms with van der Waals surface area (Å²) in [5.74, 6) is 0. The summed E-state index contributed by atoms with van der Waals surface area (Å²) < 4.78 is 37.3. The van der Waals surface area contributed by atoms with Gasteiger partial charge in [0.1, 0.15) is 0 Å². The highest BCUT2D eigenvalue weighted by Crippen LogP contribution is 2.25. The summed E-state index contributed by atoms with van der Waals surface area (Å²) in [6.45, 7) is -0.162. The zero-order valence-electron chi connectivity index (χ0n) is 9.37. The Balaban J connectivity index is 1.91. The molecule has 0 amide bonds. The van der Waals surface area contributed by atoms with Crippen molar-refractivity contribution in [3.8, 4) is 0 Å². The van der Waals surface area contributed by atoms with Crippen LogP contribution >= 0.6 is 11.3 Å². The van der Waals surface area contributed by atoms with Gasteiger partial charge >= 0.3 is 6.18 Å². The third kappa shape index (κ3) is 3.22. The molecule has 2 rings (SSSR count). The number of fused-ring (bicyclic) bond motifs is 1. The van der Waals surface area contributed by atoms with E-state index >= 15 is 0 Å². The zero-order chi connectivity index (χ0) is 13.2. The van der Waals surface area contributed by atoms with Crippen LogP contribution in [0.1, 0.15) is 4.88 Å². The van der Waals surface area contributed by atoms with E-state index in [4.69, 9.17) is 5.11 Å². The molecule has 0 aliphatic heterocycles. The molecule has 0 saturated carbocycles. The molecule has 1 atom stereocenters. The number of hydrogen-bond acceptors (Lipinski definition) is 3. The van der Waals surface area contributed by atoms with E-state index in [9.17, 15) is 13.2 Å². The first-order chi connectivity index (χ1) is 8.47. The maximum absolute atomic E-state index is 12.1. The summed E-state index contributed by atoms with van der Waals surface area (Å²) in [7, 11) is 0. The van der Waals surface area contributed by atoms with Crippen LogP contribution in [0.5, 0.6) is 0 Å². The molecule has 1 aromatic carbocycles. The minimum absolute atomic E-state index is 0.326. The fourth-order valence-electron chi connectivity index (χ4n) is 1.57. The summed E-state index contributed by atoms with van der Waals surface area (Å²) in [6, 6.07) is 9.70. The smallest absolute Gasteiger partial charge is 0.382 e. The largest absolute Gasteiger partial charge is 0.415 e. The maximum atomic E-state index is 12.1.